The Morgan fingerprint density at radius 2 is 1.79 bits per heavy atom. The van der Waals surface area contributed by atoms with Gasteiger partial charge >= 0.3 is 0 Å². The van der Waals surface area contributed by atoms with Gasteiger partial charge in [0.05, 0.1) is 27.0 Å². The van der Waals surface area contributed by atoms with Crippen LogP contribution in [0, 0.1) is 0 Å². The van der Waals surface area contributed by atoms with Gasteiger partial charge in [0, 0.05) is 17.1 Å². The van der Waals surface area contributed by atoms with E-state index in [9.17, 15) is 13.2 Å². The van der Waals surface area contributed by atoms with Gasteiger partial charge in [0.15, 0.2) is 0 Å². The molecule has 0 saturated heterocycles. The fraction of sp³-hybridized carbons (Fsp3) is 0.167. The molecule has 1 N–H and O–H groups in total. The molecule has 0 saturated carbocycles. The summed E-state index contributed by atoms with van der Waals surface area (Å²) in [7, 11) is -1.32. The third-order valence-electron chi connectivity index (χ3n) is 4.76. The van der Waals surface area contributed by atoms with Crippen LogP contribution in [0.3, 0.4) is 0 Å². The first-order chi connectivity index (χ1) is 16.3. The molecule has 0 radical (unpaired) electrons. The van der Waals surface area contributed by atoms with Crippen LogP contribution in [-0.4, -0.2) is 45.6 Å². The highest BCUT2D eigenvalue weighted by atomic mass is 79.9. The fourth-order valence-electron chi connectivity index (χ4n) is 3.10. The first-order valence-electron chi connectivity index (χ1n) is 10.2. The lowest BCUT2D eigenvalue weighted by Crippen LogP contribution is -2.39. The normalized spacial score (nSPS) is 11.5. The zero-order chi connectivity index (χ0) is 24.6. The summed E-state index contributed by atoms with van der Waals surface area (Å²) in [5, 5.41) is 3.95. The smallest absolute Gasteiger partial charge is 0.255 e. The average molecular weight is 546 g/mol. The number of carbonyl (C=O) groups excluding carboxylic acids is 1. The van der Waals surface area contributed by atoms with E-state index >= 15 is 0 Å². The van der Waals surface area contributed by atoms with Crippen molar-refractivity contribution in [3.63, 3.8) is 0 Å². The van der Waals surface area contributed by atoms with Crippen LogP contribution in [0.15, 0.2) is 87.3 Å². The van der Waals surface area contributed by atoms with E-state index in [1.807, 2.05) is 30.3 Å². The van der Waals surface area contributed by atoms with Crippen molar-refractivity contribution in [1.29, 1.82) is 0 Å². The van der Waals surface area contributed by atoms with Gasteiger partial charge in [-0.3, -0.25) is 4.79 Å². The van der Waals surface area contributed by atoms with Crippen LogP contribution in [0.25, 0.3) is 0 Å². The number of carbonyl (C=O) groups is 1. The summed E-state index contributed by atoms with van der Waals surface area (Å²) in [5.41, 5.74) is 3.88. The molecule has 0 aliphatic carbocycles. The van der Waals surface area contributed by atoms with E-state index in [1.54, 1.807) is 30.3 Å². The number of benzene rings is 3. The van der Waals surface area contributed by atoms with Crippen molar-refractivity contribution in [1.82, 2.24) is 9.73 Å². The molecule has 0 heterocycles. The third-order valence-corrected chi connectivity index (χ3v) is 7.07. The second-order valence-electron chi connectivity index (χ2n) is 7.12. The predicted molar refractivity (Wildman–Crippen MR) is 133 cm³/mol. The summed E-state index contributed by atoms with van der Waals surface area (Å²) in [6.07, 6.45) is 1.48. The monoisotopic (exact) mass is 545 g/mol. The van der Waals surface area contributed by atoms with Crippen LogP contribution in [0.4, 0.5) is 0 Å². The minimum absolute atomic E-state index is 0.0215. The number of nitrogens with zero attached hydrogens (tertiary/aromatic N) is 2. The molecule has 3 rings (SSSR count). The Morgan fingerprint density at radius 3 is 2.47 bits per heavy atom. The SMILES string of the molecule is COc1ccc(OC)c(S(=O)(=O)N(CC(=O)N/N=C/c2cccc(Br)c2)Cc2ccccc2)c1. The van der Waals surface area contributed by atoms with Gasteiger partial charge in [-0.25, -0.2) is 13.8 Å². The van der Waals surface area contributed by atoms with Gasteiger partial charge in [-0.1, -0.05) is 58.4 Å². The van der Waals surface area contributed by atoms with Crippen LogP contribution >= 0.6 is 15.9 Å². The van der Waals surface area contributed by atoms with E-state index in [4.69, 9.17) is 9.47 Å². The quantitative estimate of drug-likeness (QED) is 0.308. The fourth-order valence-corrected chi connectivity index (χ4v) is 5.07. The molecule has 34 heavy (non-hydrogen) atoms. The molecule has 8 nitrogen and oxygen atoms in total. The number of hydrogen-bond acceptors (Lipinski definition) is 6. The molecule has 3 aromatic carbocycles. The lowest BCUT2D eigenvalue weighted by molar-refractivity contribution is -0.121. The summed E-state index contributed by atoms with van der Waals surface area (Å²) in [6.45, 7) is -0.473. The standard InChI is InChI=1S/C24H24BrN3O5S/c1-32-21-11-12-22(33-2)23(14-21)34(30,31)28(16-18-7-4-3-5-8-18)17-24(29)27-26-15-19-9-6-10-20(25)13-19/h3-15H,16-17H2,1-2H3,(H,27,29)/b26-15+. The summed E-state index contributed by atoms with van der Waals surface area (Å²) in [6, 6.07) is 20.8. The largest absolute Gasteiger partial charge is 0.497 e. The highest BCUT2D eigenvalue weighted by molar-refractivity contribution is 9.10. The van der Waals surface area contributed by atoms with E-state index in [2.05, 4.69) is 26.5 Å². The summed E-state index contributed by atoms with van der Waals surface area (Å²) in [4.78, 5) is 12.6. The number of hydrazone groups is 1. The number of methoxy groups -OCH3 is 2. The van der Waals surface area contributed by atoms with Crippen LogP contribution in [-0.2, 0) is 21.4 Å². The number of sulfonamides is 1. The predicted octanol–water partition coefficient (Wildman–Crippen LogP) is 3.81. The zero-order valence-corrected chi connectivity index (χ0v) is 21.0. The zero-order valence-electron chi connectivity index (χ0n) is 18.6. The van der Waals surface area contributed by atoms with Crippen molar-refractivity contribution in [2.24, 2.45) is 5.10 Å². The Labute approximate surface area is 207 Å². The van der Waals surface area contributed by atoms with Crippen molar-refractivity contribution < 1.29 is 22.7 Å². The molecule has 0 spiro atoms. The Balaban J connectivity index is 1.87. The minimum atomic E-state index is -4.14. The summed E-state index contributed by atoms with van der Waals surface area (Å²) in [5.74, 6) is -0.0957. The molecule has 0 fully saturated rings. The number of halogens is 1. The Morgan fingerprint density at radius 1 is 1.03 bits per heavy atom. The average Bonchev–Trinajstić information content (AvgIpc) is 2.84. The van der Waals surface area contributed by atoms with Crippen molar-refractivity contribution in [3.05, 3.63) is 88.4 Å². The number of ether oxygens (including phenoxy) is 2. The van der Waals surface area contributed by atoms with Gasteiger partial charge in [-0.15, -0.1) is 0 Å². The second kappa shape index (κ2) is 11.8. The minimum Gasteiger partial charge on any atom is -0.497 e. The molecule has 10 heteroatoms. The molecule has 0 aromatic heterocycles. The van der Waals surface area contributed by atoms with Crippen LogP contribution in [0.2, 0.25) is 0 Å². The number of nitrogens with one attached hydrogen (secondary N) is 1. The van der Waals surface area contributed by atoms with Crippen LogP contribution in [0.1, 0.15) is 11.1 Å². The maximum absolute atomic E-state index is 13.6. The van der Waals surface area contributed by atoms with Gasteiger partial charge < -0.3 is 9.47 Å². The van der Waals surface area contributed by atoms with E-state index in [-0.39, 0.29) is 17.2 Å². The Kier molecular flexibility index (Phi) is 8.80. The van der Waals surface area contributed by atoms with Gasteiger partial charge in [0.25, 0.3) is 5.91 Å². The van der Waals surface area contributed by atoms with Crippen molar-refractivity contribution in [3.8, 4) is 11.5 Å². The number of hydrogen-bond donors (Lipinski definition) is 1. The van der Waals surface area contributed by atoms with Gasteiger partial charge in [-0.2, -0.15) is 9.41 Å². The van der Waals surface area contributed by atoms with Crippen LogP contribution < -0.4 is 14.9 Å². The Hall–Kier alpha value is -3.21. The van der Waals surface area contributed by atoms with Crippen LogP contribution in [0.5, 0.6) is 11.5 Å². The molecule has 0 bridgehead atoms. The van der Waals surface area contributed by atoms with Crippen molar-refractivity contribution in [2.75, 3.05) is 20.8 Å². The van der Waals surface area contributed by atoms with E-state index in [0.717, 1.165) is 19.9 Å². The molecule has 1 amide bonds. The highest BCUT2D eigenvalue weighted by Gasteiger charge is 2.30. The Bertz CT molecular complexity index is 1270. The highest BCUT2D eigenvalue weighted by Crippen LogP contribution is 2.31. The van der Waals surface area contributed by atoms with Gasteiger partial charge in [-0.05, 0) is 35.4 Å². The molecule has 0 unspecified atom stereocenters. The second-order valence-corrected chi connectivity index (χ2v) is 9.95. The lowest BCUT2D eigenvalue weighted by Gasteiger charge is -2.23. The third kappa shape index (κ3) is 6.66. The molecule has 0 aliphatic heterocycles. The van der Waals surface area contributed by atoms with E-state index in [0.29, 0.717) is 5.75 Å². The lowest BCUT2D eigenvalue weighted by atomic mass is 10.2. The topological polar surface area (TPSA) is 97.3 Å². The first-order valence-corrected chi connectivity index (χ1v) is 12.4. The van der Waals surface area contributed by atoms with E-state index < -0.39 is 22.5 Å². The summed E-state index contributed by atoms with van der Waals surface area (Å²) >= 11 is 3.37. The molecular formula is C24H24BrN3O5S. The van der Waals surface area contributed by atoms with Gasteiger partial charge in [0.1, 0.15) is 16.4 Å². The molecule has 0 atom stereocenters. The van der Waals surface area contributed by atoms with Crippen molar-refractivity contribution >= 4 is 38.1 Å². The number of rotatable bonds is 10. The summed E-state index contributed by atoms with van der Waals surface area (Å²) < 4.78 is 39.6. The molecule has 178 valence electrons. The molecule has 0 aliphatic rings. The maximum Gasteiger partial charge on any atom is 0.255 e. The van der Waals surface area contributed by atoms with Crippen molar-refractivity contribution in [2.45, 2.75) is 11.4 Å². The number of amides is 1. The maximum atomic E-state index is 13.6. The molecule has 3 aromatic rings. The van der Waals surface area contributed by atoms with E-state index in [1.165, 1.54) is 32.6 Å². The first kappa shape index (κ1) is 25.4. The molecular weight excluding hydrogens is 522 g/mol. The van der Waals surface area contributed by atoms with Gasteiger partial charge in [0.2, 0.25) is 10.0 Å².